The maximum absolute atomic E-state index is 12.6. The SMILES string of the molecule is CC(=O)N1CC2CC2(NC(=O)c2ccc(CN3[C@@H](C)CCCS3(=O)=O)cc2)C1.[HH]. The van der Waals surface area contributed by atoms with Crippen molar-refractivity contribution < 1.29 is 19.4 Å². The van der Waals surface area contributed by atoms with Crippen molar-refractivity contribution in [2.24, 2.45) is 5.92 Å². The molecule has 3 aliphatic rings. The van der Waals surface area contributed by atoms with Gasteiger partial charge in [-0.1, -0.05) is 12.1 Å². The molecule has 1 aromatic carbocycles. The number of nitrogens with zero attached hydrogens (tertiary/aromatic N) is 2. The number of nitrogens with one attached hydrogen (secondary N) is 1. The molecule has 1 aliphatic carbocycles. The van der Waals surface area contributed by atoms with Crippen molar-refractivity contribution in [1.29, 1.82) is 0 Å². The van der Waals surface area contributed by atoms with Crippen LogP contribution in [0.25, 0.3) is 0 Å². The van der Waals surface area contributed by atoms with Crippen molar-refractivity contribution >= 4 is 21.8 Å². The van der Waals surface area contributed by atoms with Crippen LogP contribution in [0.5, 0.6) is 0 Å². The Bertz CT molecular complexity index is 905. The number of sulfonamides is 1. The lowest BCUT2D eigenvalue weighted by atomic mass is 10.1. The van der Waals surface area contributed by atoms with Crippen LogP contribution >= 0.6 is 0 Å². The van der Waals surface area contributed by atoms with E-state index in [1.54, 1.807) is 28.3 Å². The highest BCUT2D eigenvalue weighted by Crippen LogP contribution is 2.49. The van der Waals surface area contributed by atoms with Crippen molar-refractivity contribution in [3.05, 3.63) is 35.4 Å². The van der Waals surface area contributed by atoms with E-state index in [1.807, 2.05) is 19.1 Å². The zero-order valence-electron chi connectivity index (χ0n) is 16.3. The lowest BCUT2D eigenvalue weighted by Gasteiger charge is -2.32. The Hall–Kier alpha value is -1.93. The van der Waals surface area contributed by atoms with E-state index < -0.39 is 10.0 Å². The van der Waals surface area contributed by atoms with Crippen LogP contribution in [-0.2, 0) is 21.4 Å². The van der Waals surface area contributed by atoms with Gasteiger partial charge in [-0.3, -0.25) is 9.59 Å². The molecule has 8 heteroatoms. The van der Waals surface area contributed by atoms with E-state index in [1.165, 1.54) is 0 Å². The molecule has 3 fully saturated rings. The third-order valence-electron chi connectivity index (χ3n) is 6.38. The largest absolute Gasteiger partial charge is 0.344 e. The number of rotatable bonds is 4. The lowest BCUT2D eigenvalue weighted by molar-refractivity contribution is -0.128. The molecule has 2 amide bonds. The average Bonchev–Trinajstić information content (AvgIpc) is 3.17. The third kappa shape index (κ3) is 3.55. The molecule has 154 valence electrons. The minimum atomic E-state index is -3.21. The predicted molar refractivity (Wildman–Crippen MR) is 107 cm³/mol. The van der Waals surface area contributed by atoms with Crippen LogP contribution in [0, 0.1) is 5.92 Å². The van der Waals surface area contributed by atoms with Crippen molar-refractivity contribution in [3.63, 3.8) is 0 Å². The number of carbonyl (C=O) groups is 2. The Kier molecular flexibility index (Phi) is 4.74. The maximum atomic E-state index is 12.6. The summed E-state index contributed by atoms with van der Waals surface area (Å²) < 4.78 is 26.2. The van der Waals surface area contributed by atoms with E-state index in [0.29, 0.717) is 31.0 Å². The van der Waals surface area contributed by atoms with Gasteiger partial charge in [0.1, 0.15) is 0 Å². The molecule has 0 radical (unpaired) electrons. The average molecular weight is 408 g/mol. The predicted octanol–water partition coefficient (Wildman–Crippen LogP) is 1.60. The standard InChI is InChI=1S/C20H27N3O4S.H2/c1-14-4-3-9-28(26,27)23(14)11-16-5-7-17(8-6-16)19(25)21-20-10-18(20)12-22(13-20)15(2)24;/h5-8,14,18H,3-4,9-13H2,1-2H3,(H,21,25);1H/t14-,18?,20?;/m0./s1. The van der Waals surface area contributed by atoms with Crippen LogP contribution < -0.4 is 5.32 Å². The van der Waals surface area contributed by atoms with Crippen LogP contribution in [0.15, 0.2) is 24.3 Å². The minimum Gasteiger partial charge on any atom is -0.344 e. The van der Waals surface area contributed by atoms with Gasteiger partial charge >= 0.3 is 0 Å². The van der Waals surface area contributed by atoms with E-state index in [2.05, 4.69) is 5.32 Å². The number of piperidine rings is 1. The molecule has 0 aromatic heterocycles. The normalized spacial score (nSPS) is 31.3. The molecule has 7 nitrogen and oxygen atoms in total. The molecule has 2 unspecified atom stereocenters. The first-order valence-corrected chi connectivity index (χ1v) is 11.5. The molecule has 4 rings (SSSR count). The third-order valence-corrected chi connectivity index (χ3v) is 8.39. The second kappa shape index (κ2) is 6.84. The molecule has 2 aliphatic heterocycles. The number of amides is 2. The van der Waals surface area contributed by atoms with Crippen molar-refractivity contribution in [2.45, 2.75) is 51.2 Å². The zero-order valence-corrected chi connectivity index (χ0v) is 17.2. The quantitative estimate of drug-likeness (QED) is 0.821. The molecule has 2 heterocycles. The highest BCUT2D eigenvalue weighted by molar-refractivity contribution is 7.89. The van der Waals surface area contributed by atoms with Crippen LogP contribution in [0.1, 0.15) is 50.5 Å². The first-order valence-electron chi connectivity index (χ1n) is 9.87. The summed E-state index contributed by atoms with van der Waals surface area (Å²) in [6.45, 7) is 5.14. The molecule has 0 spiro atoms. The highest BCUT2D eigenvalue weighted by atomic mass is 32.2. The van der Waals surface area contributed by atoms with Gasteiger partial charge < -0.3 is 10.2 Å². The summed E-state index contributed by atoms with van der Waals surface area (Å²) in [6.07, 6.45) is 2.51. The van der Waals surface area contributed by atoms with Gasteiger partial charge in [0, 0.05) is 45.5 Å². The van der Waals surface area contributed by atoms with Gasteiger partial charge in [0.25, 0.3) is 5.91 Å². The molecule has 0 bridgehead atoms. The first-order chi connectivity index (χ1) is 13.2. The van der Waals surface area contributed by atoms with Gasteiger partial charge in [0.05, 0.1) is 11.3 Å². The number of hydrogen-bond donors (Lipinski definition) is 1. The minimum absolute atomic E-state index is 0. The van der Waals surface area contributed by atoms with E-state index in [-0.39, 0.29) is 30.6 Å². The Labute approximate surface area is 167 Å². The van der Waals surface area contributed by atoms with Crippen molar-refractivity contribution in [3.8, 4) is 0 Å². The zero-order chi connectivity index (χ0) is 20.1. The molecule has 1 saturated carbocycles. The van der Waals surface area contributed by atoms with Gasteiger partial charge in [-0.05, 0) is 43.9 Å². The fourth-order valence-corrected chi connectivity index (χ4v) is 6.27. The Balaban J connectivity index is 0.00000240. The molecule has 28 heavy (non-hydrogen) atoms. The van der Waals surface area contributed by atoms with Gasteiger partial charge in [-0.15, -0.1) is 0 Å². The molecule has 1 N–H and O–H groups in total. The lowest BCUT2D eigenvalue weighted by Crippen LogP contribution is -2.43. The number of hydrogen-bond acceptors (Lipinski definition) is 4. The Morgan fingerprint density at radius 1 is 1.29 bits per heavy atom. The summed E-state index contributed by atoms with van der Waals surface area (Å²) in [5, 5.41) is 3.11. The van der Waals surface area contributed by atoms with Crippen LogP contribution in [0.4, 0.5) is 0 Å². The number of likely N-dealkylation sites (tertiary alicyclic amines) is 1. The second-order valence-electron chi connectivity index (χ2n) is 8.46. The number of carbonyl (C=O) groups excluding carboxylic acids is 2. The smallest absolute Gasteiger partial charge is 0.251 e. The Morgan fingerprint density at radius 3 is 2.61 bits per heavy atom. The summed E-state index contributed by atoms with van der Waals surface area (Å²) in [5.41, 5.74) is 1.17. The fraction of sp³-hybridized carbons (Fsp3) is 0.600. The monoisotopic (exact) mass is 407 g/mol. The first kappa shape index (κ1) is 19.4. The second-order valence-corrected chi connectivity index (χ2v) is 10.5. The summed E-state index contributed by atoms with van der Waals surface area (Å²) >= 11 is 0. The fourth-order valence-electron chi connectivity index (χ4n) is 4.51. The van der Waals surface area contributed by atoms with Gasteiger partial charge in [0.2, 0.25) is 15.9 Å². The molecule has 2 saturated heterocycles. The van der Waals surface area contributed by atoms with E-state index >= 15 is 0 Å². The van der Waals surface area contributed by atoms with E-state index in [0.717, 1.165) is 24.9 Å². The van der Waals surface area contributed by atoms with E-state index in [4.69, 9.17) is 0 Å². The number of benzene rings is 1. The summed E-state index contributed by atoms with van der Waals surface area (Å²) in [5.74, 6) is 0.467. The van der Waals surface area contributed by atoms with Gasteiger partial charge in [-0.25, -0.2) is 8.42 Å². The molecule has 1 aromatic rings. The van der Waals surface area contributed by atoms with Crippen LogP contribution in [-0.4, -0.2) is 59.9 Å². The number of fused-ring (bicyclic) bond motifs is 1. The maximum Gasteiger partial charge on any atom is 0.251 e. The Morgan fingerprint density at radius 2 is 2.00 bits per heavy atom. The van der Waals surface area contributed by atoms with Gasteiger partial charge in [-0.2, -0.15) is 4.31 Å². The summed E-state index contributed by atoms with van der Waals surface area (Å²) in [6, 6.07) is 7.14. The topological polar surface area (TPSA) is 86.8 Å². The summed E-state index contributed by atoms with van der Waals surface area (Å²) in [7, 11) is -3.21. The molecular formula is C20H29N3O4S. The van der Waals surface area contributed by atoms with Gasteiger partial charge in [0.15, 0.2) is 0 Å². The van der Waals surface area contributed by atoms with E-state index in [9.17, 15) is 18.0 Å². The van der Waals surface area contributed by atoms with Crippen LogP contribution in [0.2, 0.25) is 0 Å². The summed E-state index contributed by atoms with van der Waals surface area (Å²) in [4.78, 5) is 26.0. The molecule has 3 atom stereocenters. The van der Waals surface area contributed by atoms with Crippen molar-refractivity contribution in [2.75, 3.05) is 18.8 Å². The highest BCUT2D eigenvalue weighted by Gasteiger charge is 2.61. The molecular weight excluding hydrogens is 378 g/mol. The van der Waals surface area contributed by atoms with Crippen molar-refractivity contribution in [1.82, 2.24) is 14.5 Å². The van der Waals surface area contributed by atoms with Crippen LogP contribution in [0.3, 0.4) is 0 Å².